The molecule has 0 spiro atoms. The van der Waals surface area contributed by atoms with Gasteiger partial charge in [0.1, 0.15) is 0 Å². The van der Waals surface area contributed by atoms with Crippen LogP contribution in [-0.4, -0.2) is 17.7 Å². The second-order valence-corrected chi connectivity index (χ2v) is 4.38. The Balaban J connectivity index is 1.97. The summed E-state index contributed by atoms with van der Waals surface area (Å²) in [5, 5.41) is 13.9. The van der Waals surface area contributed by atoms with Gasteiger partial charge in [0.05, 0.1) is 18.1 Å². The van der Waals surface area contributed by atoms with Gasteiger partial charge in [-0.25, -0.2) is 0 Å². The summed E-state index contributed by atoms with van der Waals surface area (Å²) in [7, 11) is 0. The van der Waals surface area contributed by atoms with Gasteiger partial charge in [0.15, 0.2) is 0 Å². The van der Waals surface area contributed by atoms with Crippen molar-refractivity contribution in [3.8, 4) is 0 Å². The molecule has 1 aromatic heterocycles. The third-order valence-electron chi connectivity index (χ3n) is 3.36. The van der Waals surface area contributed by atoms with Crippen molar-refractivity contribution < 1.29 is 9.52 Å². The minimum Gasteiger partial charge on any atom is -0.472 e. The van der Waals surface area contributed by atoms with Gasteiger partial charge in [-0.15, -0.1) is 0 Å². The fourth-order valence-corrected chi connectivity index (χ4v) is 2.41. The first-order chi connectivity index (χ1) is 7.24. The van der Waals surface area contributed by atoms with Gasteiger partial charge in [-0.05, 0) is 38.3 Å². The second kappa shape index (κ2) is 4.37. The quantitative estimate of drug-likeness (QED) is 0.800. The highest BCUT2D eigenvalue weighted by Crippen LogP contribution is 2.37. The lowest BCUT2D eigenvalue weighted by molar-refractivity contribution is -0.00860. The topological polar surface area (TPSA) is 45.4 Å². The van der Waals surface area contributed by atoms with Crippen molar-refractivity contribution in [2.75, 3.05) is 6.54 Å². The van der Waals surface area contributed by atoms with E-state index in [0.717, 1.165) is 37.8 Å². The van der Waals surface area contributed by atoms with Crippen LogP contribution in [0.15, 0.2) is 23.0 Å². The molecular formula is C12H19NO2. The maximum atomic E-state index is 10.4. The van der Waals surface area contributed by atoms with Crippen molar-refractivity contribution in [2.45, 2.75) is 44.2 Å². The van der Waals surface area contributed by atoms with E-state index in [1.807, 2.05) is 6.07 Å². The predicted molar refractivity (Wildman–Crippen MR) is 58.5 cm³/mol. The predicted octanol–water partition coefficient (Wildman–Crippen LogP) is 2.02. The number of hydrogen-bond acceptors (Lipinski definition) is 3. The summed E-state index contributed by atoms with van der Waals surface area (Å²) in [5.74, 6) is 0. The lowest BCUT2D eigenvalue weighted by Crippen LogP contribution is -2.39. The van der Waals surface area contributed by atoms with Crippen molar-refractivity contribution in [3.05, 3.63) is 24.2 Å². The monoisotopic (exact) mass is 209 g/mol. The lowest BCUT2D eigenvalue weighted by atomic mass is 9.79. The zero-order chi connectivity index (χ0) is 10.7. The summed E-state index contributed by atoms with van der Waals surface area (Å²) >= 11 is 0. The Labute approximate surface area is 90.5 Å². The molecule has 84 valence electrons. The molecule has 0 unspecified atom stereocenters. The van der Waals surface area contributed by atoms with Crippen molar-refractivity contribution in [1.82, 2.24) is 5.32 Å². The van der Waals surface area contributed by atoms with Crippen LogP contribution in [0.3, 0.4) is 0 Å². The average Bonchev–Trinajstić information content (AvgIpc) is 2.76. The number of nitrogens with one attached hydrogen (secondary N) is 1. The molecule has 0 aliphatic heterocycles. The first-order valence-electron chi connectivity index (χ1n) is 5.73. The van der Waals surface area contributed by atoms with Crippen LogP contribution in [0.4, 0.5) is 0 Å². The van der Waals surface area contributed by atoms with Gasteiger partial charge in [-0.2, -0.15) is 0 Å². The molecule has 3 heteroatoms. The molecular weight excluding hydrogens is 190 g/mol. The van der Waals surface area contributed by atoms with Crippen LogP contribution in [0.2, 0.25) is 0 Å². The van der Waals surface area contributed by atoms with Gasteiger partial charge in [-0.1, -0.05) is 6.92 Å². The molecule has 2 N–H and O–H groups in total. The number of rotatable bonds is 3. The molecule has 2 rings (SSSR count). The van der Waals surface area contributed by atoms with Gasteiger partial charge in [0.2, 0.25) is 0 Å². The zero-order valence-corrected chi connectivity index (χ0v) is 9.20. The van der Waals surface area contributed by atoms with E-state index in [9.17, 15) is 5.11 Å². The Hall–Kier alpha value is -0.800. The fraction of sp³-hybridized carbons (Fsp3) is 0.667. The smallest absolute Gasteiger partial charge is 0.0963 e. The molecule has 1 aromatic rings. The Morgan fingerprint density at radius 3 is 2.80 bits per heavy atom. The molecule has 0 radical (unpaired) electrons. The summed E-state index contributed by atoms with van der Waals surface area (Å²) < 4.78 is 5.03. The van der Waals surface area contributed by atoms with Gasteiger partial charge in [0.25, 0.3) is 0 Å². The normalized spacial score (nSPS) is 31.7. The first-order valence-corrected chi connectivity index (χ1v) is 5.73. The minimum absolute atomic E-state index is 0.571. The van der Waals surface area contributed by atoms with Crippen LogP contribution < -0.4 is 5.32 Å². The maximum absolute atomic E-state index is 10.4. The molecule has 3 nitrogen and oxygen atoms in total. The third kappa shape index (κ3) is 2.24. The van der Waals surface area contributed by atoms with Gasteiger partial charge < -0.3 is 14.8 Å². The molecule has 0 atom stereocenters. The summed E-state index contributed by atoms with van der Waals surface area (Å²) in [6.45, 7) is 3.13. The van der Waals surface area contributed by atoms with E-state index in [2.05, 4.69) is 12.2 Å². The van der Waals surface area contributed by atoms with Crippen LogP contribution >= 0.6 is 0 Å². The highest BCUT2D eigenvalue weighted by Gasteiger charge is 2.35. The van der Waals surface area contributed by atoms with Crippen LogP contribution in [0, 0.1) is 0 Å². The van der Waals surface area contributed by atoms with E-state index in [1.165, 1.54) is 0 Å². The number of furan rings is 1. The molecule has 15 heavy (non-hydrogen) atoms. The van der Waals surface area contributed by atoms with Gasteiger partial charge >= 0.3 is 0 Å². The van der Waals surface area contributed by atoms with Crippen LogP contribution in [-0.2, 0) is 5.60 Å². The molecule has 1 aliphatic carbocycles. The Bertz CT molecular complexity index is 287. The maximum Gasteiger partial charge on any atom is 0.0963 e. The summed E-state index contributed by atoms with van der Waals surface area (Å²) in [4.78, 5) is 0. The number of hydrogen-bond donors (Lipinski definition) is 2. The molecule has 1 aliphatic rings. The highest BCUT2D eigenvalue weighted by atomic mass is 16.3. The van der Waals surface area contributed by atoms with Crippen LogP contribution in [0.1, 0.15) is 38.2 Å². The molecule has 0 saturated heterocycles. The largest absolute Gasteiger partial charge is 0.472 e. The van der Waals surface area contributed by atoms with E-state index in [-0.39, 0.29) is 0 Å². The Morgan fingerprint density at radius 1 is 1.53 bits per heavy atom. The van der Waals surface area contributed by atoms with Crippen LogP contribution in [0.5, 0.6) is 0 Å². The molecule has 1 heterocycles. The van der Waals surface area contributed by atoms with E-state index in [4.69, 9.17) is 4.42 Å². The number of aliphatic hydroxyl groups is 1. The standard InChI is InChI=1S/C12H19NO2/c1-2-13-11-3-6-12(14,7-4-11)10-5-8-15-9-10/h5,8-9,11,13-14H,2-4,6-7H2,1H3. The van der Waals surface area contributed by atoms with Crippen molar-refractivity contribution >= 4 is 0 Å². The highest BCUT2D eigenvalue weighted by molar-refractivity contribution is 5.17. The van der Waals surface area contributed by atoms with E-state index < -0.39 is 5.60 Å². The molecule has 1 saturated carbocycles. The molecule has 0 amide bonds. The summed E-state index contributed by atoms with van der Waals surface area (Å²) in [6, 6.07) is 2.44. The summed E-state index contributed by atoms with van der Waals surface area (Å²) in [5.41, 5.74) is 0.274. The van der Waals surface area contributed by atoms with Crippen molar-refractivity contribution in [2.24, 2.45) is 0 Å². The average molecular weight is 209 g/mol. The molecule has 0 bridgehead atoms. The van der Waals surface area contributed by atoms with E-state index in [1.54, 1.807) is 12.5 Å². The fourth-order valence-electron chi connectivity index (χ4n) is 2.41. The molecule has 0 aromatic carbocycles. The third-order valence-corrected chi connectivity index (χ3v) is 3.36. The second-order valence-electron chi connectivity index (χ2n) is 4.38. The van der Waals surface area contributed by atoms with Gasteiger partial charge in [0, 0.05) is 11.6 Å². The summed E-state index contributed by atoms with van der Waals surface area (Å²) in [6.07, 6.45) is 7.01. The Kier molecular flexibility index (Phi) is 3.12. The zero-order valence-electron chi connectivity index (χ0n) is 9.20. The minimum atomic E-state index is -0.654. The van der Waals surface area contributed by atoms with Crippen molar-refractivity contribution in [3.63, 3.8) is 0 Å². The SMILES string of the molecule is CCNC1CCC(O)(c2ccoc2)CC1. The Morgan fingerprint density at radius 2 is 2.27 bits per heavy atom. The lowest BCUT2D eigenvalue weighted by Gasteiger charge is -2.35. The van der Waals surface area contributed by atoms with E-state index in [0.29, 0.717) is 6.04 Å². The van der Waals surface area contributed by atoms with Crippen molar-refractivity contribution in [1.29, 1.82) is 0 Å². The van der Waals surface area contributed by atoms with E-state index >= 15 is 0 Å². The van der Waals surface area contributed by atoms with Gasteiger partial charge in [-0.3, -0.25) is 0 Å². The van der Waals surface area contributed by atoms with Crippen LogP contribution in [0.25, 0.3) is 0 Å². The first kappa shape index (κ1) is 10.7. The molecule has 1 fully saturated rings.